The molecule has 6 heteroatoms. The molecule has 0 saturated heterocycles. The Labute approximate surface area is 120 Å². The van der Waals surface area contributed by atoms with Gasteiger partial charge in [-0.1, -0.05) is 0 Å². The molecule has 0 aliphatic carbocycles. The summed E-state index contributed by atoms with van der Waals surface area (Å²) in [4.78, 5) is 16.1. The molecule has 0 aromatic carbocycles. The summed E-state index contributed by atoms with van der Waals surface area (Å²) in [5, 5.41) is 4.40. The first-order valence-corrected chi connectivity index (χ1v) is 6.62. The third-order valence-corrected chi connectivity index (χ3v) is 4.12. The number of nitrogens with zero attached hydrogens (tertiary/aromatic N) is 3. The van der Waals surface area contributed by atoms with Gasteiger partial charge in [-0.25, -0.2) is 9.67 Å². The quantitative estimate of drug-likeness (QED) is 0.922. The number of primary amides is 1. The first-order chi connectivity index (χ1) is 8.82. The summed E-state index contributed by atoms with van der Waals surface area (Å²) in [6.45, 7) is 7.52. The van der Waals surface area contributed by atoms with Crippen molar-refractivity contribution in [3.05, 3.63) is 38.7 Å². The maximum atomic E-state index is 11.7. The molecule has 2 aromatic heterocycles. The van der Waals surface area contributed by atoms with Gasteiger partial charge in [-0.05, 0) is 55.3 Å². The van der Waals surface area contributed by atoms with Gasteiger partial charge >= 0.3 is 0 Å². The number of carbonyl (C=O) groups excluding carboxylic acids is 1. The summed E-state index contributed by atoms with van der Waals surface area (Å²) < 4.78 is 2.56. The lowest BCUT2D eigenvalue weighted by atomic mass is 10.1. The fourth-order valence-corrected chi connectivity index (χ4v) is 2.35. The van der Waals surface area contributed by atoms with Crippen LogP contribution in [0.5, 0.6) is 0 Å². The van der Waals surface area contributed by atoms with Crippen LogP contribution in [-0.2, 0) is 0 Å². The molecule has 2 N–H and O–H groups in total. The molecule has 0 fully saturated rings. The van der Waals surface area contributed by atoms with E-state index in [1.807, 2.05) is 33.8 Å². The van der Waals surface area contributed by atoms with Crippen molar-refractivity contribution in [3.8, 4) is 5.82 Å². The van der Waals surface area contributed by atoms with Gasteiger partial charge in [-0.2, -0.15) is 5.10 Å². The van der Waals surface area contributed by atoms with Crippen molar-refractivity contribution >= 4 is 21.8 Å². The van der Waals surface area contributed by atoms with Crippen LogP contribution >= 0.6 is 15.9 Å². The minimum Gasteiger partial charge on any atom is -0.365 e. The second kappa shape index (κ2) is 4.77. The molecule has 0 saturated carbocycles. The average Bonchev–Trinajstić information content (AvgIpc) is 2.55. The molecule has 19 heavy (non-hydrogen) atoms. The van der Waals surface area contributed by atoms with Crippen LogP contribution in [0, 0.1) is 27.7 Å². The standard InChI is InChI=1S/C13H15BrN4O/c1-6-5-7(2)16-13(10(6)12(15)19)18-9(4)11(14)8(3)17-18/h5H,1-4H3,(H2,15,19). The number of aromatic nitrogens is 3. The molecule has 2 aromatic rings. The molecule has 2 rings (SSSR count). The highest BCUT2D eigenvalue weighted by Crippen LogP contribution is 2.25. The van der Waals surface area contributed by atoms with E-state index in [-0.39, 0.29) is 0 Å². The van der Waals surface area contributed by atoms with Crippen molar-refractivity contribution in [1.82, 2.24) is 14.8 Å². The zero-order chi connectivity index (χ0) is 14.3. The number of hydrogen-bond donors (Lipinski definition) is 1. The van der Waals surface area contributed by atoms with Crippen LogP contribution in [0.2, 0.25) is 0 Å². The van der Waals surface area contributed by atoms with E-state index in [4.69, 9.17) is 5.73 Å². The van der Waals surface area contributed by atoms with Crippen molar-refractivity contribution in [1.29, 1.82) is 0 Å². The smallest absolute Gasteiger partial charge is 0.252 e. The monoisotopic (exact) mass is 322 g/mol. The molecule has 2 heterocycles. The summed E-state index contributed by atoms with van der Waals surface area (Å²) in [6, 6.07) is 1.84. The predicted molar refractivity (Wildman–Crippen MR) is 76.5 cm³/mol. The van der Waals surface area contributed by atoms with Gasteiger partial charge in [-0.3, -0.25) is 4.79 Å². The maximum absolute atomic E-state index is 11.7. The Kier molecular flexibility index (Phi) is 3.45. The number of amides is 1. The van der Waals surface area contributed by atoms with Crippen molar-refractivity contribution in [3.63, 3.8) is 0 Å². The van der Waals surface area contributed by atoms with E-state index in [1.54, 1.807) is 4.68 Å². The Morgan fingerprint density at radius 3 is 2.42 bits per heavy atom. The van der Waals surface area contributed by atoms with Crippen molar-refractivity contribution in [2.75, 3.05) is 0 Å². The second-order valence-electron chi connectivity index (χ2n) is 4.54. The van der Waals surface area contributed by atoms with E-state index in [2.05, 4.69) is 26.0 Å². The Balaban J connectivity index is 2.81. The van der Waals surface area contributed by atoms with Gasteiger partial charge in [0.15, 0.2) is 5.82 Å². The molecule has 0 bridgehead atoms. The van der Waals surface area contributed by atoms with Crippen LogP contribution in [0.25, 0.3) is 5.82 Å². The molecule has 0 unspecified atom stereocenters. The van der Waals surface area contributed by atoms with E-state index < -0.39 is 5.91 Å². The summed E-state index contributed by atoms with van der Waals surface area (Å²) in [7, 11) is 0. The van der Waals surface area contributed by atoms with Crippen LogP contribution in [0.15, 0.2) is 10.5 Å². The van der Waals surface area contributed by atoms with Gasteiger partial charge in [-0.15, -0.1) is 0 Å². The van der Waals surface area contributed by atoms with E-state index in [0.717, 1.165) is 27.1 Å². The van der Waals surface area contributed by atoms with Gasteiger partial charge in [0.05, 0.1) is 21.4 Å². The van der Waals surface area contributed by atoms with Crippen LogP contribution in [-0.4, -0.2) is 20.7 Å². The molecule has 100 valence electrons. The number of rotatable bonds is 2. The molecule has 1 amide bonds. The Hall–Kier alpha value is -1.69. The maximum Gasteiger partial charge on any atom is 0.252 e. The predicted octanol–water partition coefficient (Wildman–Crippen LogP) is 2.36. The number of nitrogens with two attached hydrogens (primary N) is 1. The number of hydrogen-bond acceptors (Lipinski definition) is 3. The fraction of sp³-hybridized carbons (Fsp3) is 0.308. The first kappa shape index (κ1) is 13.7. The number of aryl methyl sites for hydroxylation is 3. The highest BCUT2D eigenvalue weighted by molar-refractivity contribution is 9.10. The summed E-state index contributed by atoms with van der Waals surface area (Å²) >= 11 is 3.47. The molecule has 0 spiro atoms. The van der Waals surface area contributed by atoms with Gasteiger partial charge < -0.3 is 5.73 Å². The largest absolute Gasteiger partial charge is 0.365 e. The number of pyridine rings is 1. The zero-order valence-electron chi connectivity index (χ0n) is 11.3. The summed E-state index contributed by atoms with van der Waals surface area (Å²) in [6.07, 6.45) is 0. The first-order valence-electron chi connectivity index (χ1n) is 5.83. The number of halogens is 1. The minimum absolute atomic E-state index is 0.406. The van der Waals surface area contributed by atoms with Crippen LogP contribution in [0.1, 0.15) is 33.0 Å². The van der Waals surface area contributed by atoms with Crippen molar-refractivity contribution < 1.29 is 4.79 Å². The van der Waals surface area contributed by atoms with Gasteiger partial charge in [0.25, 0.3) is 5.91 Å². The summed E-state index contributed by atoms with van der Waals surface area (Å²) in [5.41, 5.74) is 9.23. The molecular weight excluding hydrogens is 308 g/mol. The van der Waals surface area contributed by atoms with Gasteiger partial charge in [0, 0.05) is 5.69 Å². The lowest BCUT2D eigenvalue weighted by Crippen LogP contribution is -2.19. The molecule has 5 nitrogen and oxygen atoms in total. The lowest BCUT2D eigenvalue weighted by molar-refractivity contribution is 0.0999. The Bertz CT molecular complexity index is 676. The lowest BCUT2D eigenvalue weighted by Gasteiger charge is -2.11. The second-order valence-corrected chi connectivity index (χ2v) is 5.33. The van der Waals surface area contributed by atoms with Crippen LogP contribution < -0.4 is 5.73 Å². The molecular formula is C13H15BrN4O. The Morgan fingerprint density at radius 2 is 1.95 bits per heavy atom. The molecule has 0 aliphatic rings. The third kappa shape index (κ3) is 2.28. The normalized spacial score (nSPS) is 10.8. The van der Waals surface area contributed by atoms with E-state index >= 15 is 0 Å². The molecule has 0 radical (unpaired) electrons. The summed E-state index contributed by atoms with van der Waals surface area (Å²) in [5.74, 6) is -0.0139. The minimum atomic E-state index is -0.497. The zero-order valence-corrected chi connectivity index (χ0v) is 12.9. The van der Waals surface area contributed by atoms with E-state index in [0.29, 0.717) is 11.4 Å². The van der Waals surface area contributed by atoms with Crippen LogP contribution in [0.4, 0.5) is 0 Å². The van der Waals surface area contributed by atoms with E-state index in [1.165, 1.54) is 0 Å². The number of carbonyl (C=O) groups is 1. The van der Waals surface area contributed by atoms with Crippen LogP contribution in [0.3, 0.4) is 0 Å². The van der Waals surface area contributed by atoms with E-state index in [9.17, 15) is 4.79 Å². The van der Waals surface area contributed by atoms with Crippen molar-refractivity contribution in [2.24, 2.45) is 5.73 Å². The van der Waals surface area contributed by atoms with Gasteiger partial charge in [0.2, 0.25) is 0 Å². The Morgan fingerprint density at radius 1 is 1.32 bits per heavy atom. The SMILES string of the molecule is Cc1cc(C)c(C(N)=O)c(-n2nc(C)c(Br)c2C)n1. The van der Waals surface area contributed by atoms with Gasteiger partial charge in [0.1, 0.15) is 0 Å². The third-order valence-electron chi connectivity index (χ3n) is 2.98. The highest BCUT2D eigenvalue weighted by Gasteiger charge is 2.19. The van der Waals surface area contributed by atoms with Crippen molar-refractivity contribution in [2.45, 2.75) is 27.7 Å². The highest BCUT2D eigenvalue weighted by atomic mass is 79.9. The fourth-order valence-electron chi connectivity index (χ4n) is 2.10. The molecule has 0 aliphatic heterocycles. The topological polar surface area (TPSA) is 73.8 Å². The average molecular weight is 323 g/mol. The molecule has 0 atom stereocenters.